The number of anilines is 1. The van der Waals surface area contributed by atoms with Crippen LogP contribution in [0.15, 0.2) is 58.7 Å². The van der Waals surface area contributed by atoms with Crippen LogP contribution in [0, 0.1) is 5.82 Å². The molecule has 1 aromatic heterocycles. The maximum absolute atomic E-state index is 13.3. The minimum atomic E-state index is -3.60. The first kappa shape index (κ1) is 25.8. The summed E-state index contributed by atoms with van der Waals surface area (Å²) in [5.74, 6) is -0.370. The molecule has 0 saturated carbocycles. The number of hydrogen-bond acceptors (Lipinski definition) is 4. The maximum Gasteiger partial charge on any atom is 0.243 e. The van der Waals surface area contributed by atoms with Crippen LogP contribution in [0.2, 0.25) is 0 Å². The molecule has 0 aliphatic rings. The molecule has 0 bridgehead atoms. The summed E-state index contributed by atoms with van der Waals surface area (Å²) < 4.78 is 43.4. The number of hydrogen-bond donors (Lipinski definition) is 2. The van der Waals surface area contributed by atoms with Crippen molar-refractivity contribution < 1.29 is 12.8 Å². The summed E-state index contributed by atoms with van der Waals surface area (Å²) in [6.45, 7) is 7.65. The highest BCUT2D eigenvalue weighted by Crippen LogP contribution is 2.26. The van der Waals surface area contributed by atoms with Gasteiger partial charge in [-0.1, -0.05) is 19.9 Å². The highest BCUT2D eigenvalue weighted by Gasteiger charge is 2.24. The van der Waals surface area contributed by atoms with Crippen LogP contribution in [0.25, 0.3) is 10.9 Å². The number of nitrogens with zero attached hydrogens (tertiary/aromatic N) is 3. The first-order chi connectivity index (χ1) is 16.3. The van der Waals surface area contributed by atoms with Crippen LogP contribution < -0.4 is 10.7 Å². The van der Waals surface area contributed by atoms with E-state index in [9.17, 15) is 12.8 Å². The molecule has 0 aliphatic heterocycles. The molecule has 0 atom stereocenters. The SMILES string of the molecule is CCCN(CCC)S(=O)(=O)c1ccc2c(c1)c(C=NNC(=S)Nc1cccc(F)c1)cn2CC. The zero-order valence-corrected chi connectivity index (χ0v) is 21.2. The van der Waals surface area contributed by atoms with Gasteiger partial charge in [0.25, 0.3) is 0 Å². The zero-order chi connectivity index (χ0) is 24.7. The van der Waals surface area contributed by atoms with E-state index in [0.717, 1.165) is 35.9 Å². The number of nitrogens with one attached hydrogen (secondary N) is 2. The van der Waals surface area contributed by atoms with E-state index in [1.165, 1.54) is 16.4 Å². The minimum absolute atomic E-state index is 0.208. The average molecular weight is 504 g/mol. The fourth-order valence-electron chi connectivity index (χ4n) is 3.71. The fourth-order valence-corrected chi connectivity index (χ4v) is 5.54. The number of sulfonamides is 1. The van der Waals surface area contributed by atoms with Crippen molar-refractivity contribution in [3.63, 3.8) is 0 Å². The lowest BCUT2D eigenvalue weighted by Gasteiger charge is -2.21. The van der Waals surface area contributed by atoms with E-state index in [2.05, 4.69) is 15.8 Å². The van der Waals surface area contributed by atoms with Crippen molar-refractivity contribution in [2.24, 2.45) is 5.10 Å². The second kappa shape index (κ2) is 11.5. The third-order valence-electron chi connectivity index (χ3n) is 5.26. The van der Waals surface area contributed by atoms with Crippen molar-refractivity contribution >= 4 is 50.2 Å². The second-order valence-corrected chi connectivity index (χ2v) is 10.1. The molecule has 0 spiro atoms. The standard InChI is InChI=1S/C24H30FN5O2S2/c1-4-12-30(13-5-2)34(31,32)21-10-11-23-22(15-21)18(17-29(23)6-3)16-26-28-24(33)27-20-9-7-8-19(25)14-20/h7-11,14-17H,4-6,12-13H2,1-3H3,(H2,27,28,33). The van der Waals surface area contributed by atoms with Gasteiger partial charge in [-0.25, -0.2) is 12.8 Å². The number of thiocarbonyl (C=S) groups is 1. The van der Waals surface area contributed by atoms with E-state index < -0.39 is 10.0 Å². The molecule has 34 heavy (non-hydrogen) atoms. The van der Waals surface area contributed by atoms with Crippen LogP contribution in [0.4, 0.5) is 10.1 Å². The minimum Gasteiger partial charge on any atom is -0.347 e. The Morgan fingerprint density at radius 3 is 2.53 bits per heavy atom. The molecule has 182 valence electrons. The zero-order valence-electron chi connectivity index (χ0n) is 19.6. The molecule has 0 aliphatic carbocycles. The molecule has 1 heterocycles. The Labute approximate surface area is 205 Å². The van der Waals surface area contributed by atoms with Crippen LogP contribution in [0.3, 0.4) is 0 Å². The van der Waals surface area contributed by atoms with Gasteiger partial charge in [0.15, 0.2) is 5.11 Å². The summed E-state index contributed by atoms with van der Waals surface area (Å²) in [7, 11) is -3.60. The molecule has 0 radical (unpaired) electrons. The van der Waals surface area contributed by atoms with Gasteiger partial charge in [0.2, 0.25) is 10.0 Å². The van der Waals surface area contributed by atoms with E-state index in [4.69, 9.17) is 12.2 Å². The summed E-state index contributed by atoms with van der Waals surface area (Å²) in [6.07, 6.45) is 5.02. The normalized spacial score (nSPS) is 12.0. The number of fused-ring (bicyclic) bond motifs is 1. The Morgan fingerprint density at radius 1 is 1.15 bits per heavy atom. The van der Waals surface area contributed by atoms with Crippen molar-refractivity contribution in [2.75, 3.05) is 18.4 Å². The predicted molar refractivity (Wildman–Crippen MR) is 140 cm³/mol. The molecule has 0 saturated heterocycles. The molecule has 2 aromatic carbocycles. The van der Waals surface area contributed by atoms with Gasteiger partial charge in [-0.3, -0.25) is 5.43 Å². The molecule has 0 fully saturated rings. The molecule has 3 rings (SSSR count). The van der Waals surface area contributed by atoms with Gasteiger partial charge in [0, 0.05) is 48.0 Å². The molecular weight excluding hydrogens is 473 g/mol. The van der Waals surface area contributed by atoms with Gasteiger partial charge in [0.05, 0.1) is 11.1 Å². The van der Waals surface area contributed by atoms with Gasteiger partial charge in [-0.15, -0.1) is 0 Å². The van der Waals surface area contributed by atoms with Crippen LogP contribution in [-0.4, -0.2) is 41.7 Å². The van der Waals surface area contributed by atoms with E-state index in [-0.39, 0.29) is 15.8 Å². The largest absolute Gasteiger partial charge is 0.347 e. The Hall–Kier alpha value is -2.82. The van der Waals surface area contributed by atoms with Gasteiger partial charge in [0.1, 0.15) is 5.82 Å². The molecule has 7 nitrogen and oxygen atoms in total. The smallest absolute Gasteiger partial charge is 0.243 e. The third-order valence-corrected chi connectivity index (χ3v) is 7.35. The fraction of sp³-hybridized carbons (Fsp3) is 0.333. The maximum atomic E-state index is 13.3. The Balaban J connectivity index is 1.86. The number of benzene rings is 2. The van der Waals surface area contributed by atoms with Gasteiger partial charge < -0.3 is 9.88 Å². The molecule has 2 N–H and O–H groups in total. The number of halogens is 1. The summed E-state index contributed by atoms with van der Waals surface area (Å²) in [6, 6.07) is 11.2. The second-order valence-electron chi connectivity index (χ2n) is 7.79. The Morgan fingerprint density at radius 2 is 1.88 bits per heavy atom. The lowest BCUT2D eigenvalue weighted by molar-refractivity contribution is 0.410. The van der Waals surface area contributed by atoms with Gasteiger partial charge in [-0.05, 0) is 68.4 Å². The van der Waals surface area contributed by atoms with E-state index in [1.807, 2.05) is 37.6 Å². The molecular formula is C24H30FN5O2S2. The van der Waals surface area contributed by atoms with Crippen LogP contribution in [0.5, 0.6) is 0 Å². The van der Waals surface area contributed by atoms with E-state index in [1.54, 1.807) is 30.5 Å². The lowest BCUT2D eigenvalue weighted by atomic mass is 10.2. The Bertz CT molecular complexity index is 1280. The average Bonchev–Trinajstić information content (AvgIpc) is 3.16. The first-order valence-corrected chi connectivity index (χ1v) is 13.1. The molecule has 3 aromatic rings. The topological polar surface area (TPSA) is 78.7 Å². The van der Waals surface area contributed by atoms with Crippen LogP contribution in [-0.2, 0) is 16.6 Å². The quantitative estimate of drug-likeness (QED) is 0.233. The van der Waals surface area contributed by atoms with Crippen molar-refractivity contribution in [3.05, 3.63) is 60.0 Å². The van der Waals surface area contributed by atoms with E-state index >= 15 is 0 Å². The third kappa shape index (κ3) is 5.99. The van der Waals surface area contributed by atoms with Gasteiger partial charge in [-0.2, -0.15) is 9.41 Å². The summed E-state index contributed by atoms with van der Waals surface area (Å²) in [5, 5.41) is 8.05. The molecule has 0 unspecified atom stereocenters. The van der Waals surface area contributed by atoms with Crippen LogP contribution in [0.1, 0.15) is 39.2 Å². The number of hydrazone groups is 1. The lowest BCUT2D eigenvalue weighted by Crippen LogP contribution is -2.32. The number of aromatic nitrogens is 1. The molecule has 0 amide bonds. The van der Waals surface area contributed by atoms with E-state index in [0.29, 0.717) is 18.8 Å². The van der Waals surface area contributed by atoms with Crippen molar-refractivity contribution in [2.45, 2.75) is 45.1 Å². The van der Waals surface area contributed by atoms with Gasteiger partial charge >= 0.3 is 0 Å². The predicted octanol–water partition coefficient (Wildman–Crippen LogP) is 4.93. The van der Waals surface area contributed by atoms with Crippen molar-refractivity contribution in [1.29, 1.82) is 0 Å². The highest BCUT2D eigenvalue weighted by molar-refractivity contribution is 7.89. The highest BCUT2D eigenvalue weighted by atomic mass is 32.2. The number of aryl methyl sites for hydroxylation is 1. The number of rotatable bonds is 10. The monoisotopic (exact) mass is 503 g/mol. The van der Waals surface area contributed by atoms with Crippen LogP contribution >= 0.6 is 12.2 Å². The summed E-state index contributed by atoms with van der Waals surface area (Å²) in [5.41, 5.74) is 4.90. The molecule has 10 heteroatoms. The summed E-state index contributed by atoms with van der Waals surface area (Å²) in [4.78, 5) is 0.265. The summed E-state index contributed by atoms with van der Waals surface area (Å²) >= 11 is 5.22. The Kier molecular flexibility index (Phi) is 8.76. The van der Waals surface area contributed by atoms with Crippen molar-refractivity contribution in [3.8, 4) is 0 Å². The van der Waals surface area contributed by atoms with Crippen molar-refractivity contribution in [1.82, 2.24) is 14.3 Å². The first-order valence-electron chi connectivity index (χ1n) is 11.3.